The van der Waals surface area contributed by atoms with Gasteiger partial charge in [-0.2, -0.15) is 0 Å². The molecule has 0 unspecified atom stereocenters. The third-order valence-corrected chi connectivity index (χ3v) is 2.18. The standard InChI is InChI=1S/C11H11F2N3O2/c1-17-6-10-15-16-11(18-10)14-5-7-2-3-8(12)4-9(7)13/h2-4H,5-6H2,1H3,(H,14,16). The highest BCUT2D eigenvalue weighted by Crippen LogP contribution is 2.12. The van der Waals surface area contributed by atoms with Crippen LogP contribution < -0.4 is 5.32 Å². The number of hydrogen-bond donors (Lipinski definition) is 1. The maximum absolute atomic E-state index is 13.3. The molecule has 1 N–H and O–H groups in total. The van der Waals surface area contributed by atoms with Crippen LogP contribution in [0.3, 0.4) is 0 Å². The summed E-state index contributed by atoms with van der Waals surface area (Å²) in [5.41, 5.74) is 0.308. The number of anilines is 1. The number of halogens is 2. The van der Waals surface area contributed by atoms with Gasteiger partial charge in [0.25, 0.3) is 0 Å². The van der Waals surface area contributed by atoms with Crippen LogP contribution in [0.2, 0.25) is 0 Å². The number of ether oxygens (including phenoxy) is 1. The van der Waals surface area contributed by atoms with Crippen molar-refractivity contribution < 1.29 is 17.9 Å². The quantitative estimate of drug-likeness (QED) is 0.886. The normalized spacial score (nSPS) is 10.6. The molecule has 5 nitrogen and oxygen atoms in total. The molecular formula is C11H11F2N3O2. The van der Waals surface area contributed by atoms with E-state index in [1.165, 1.54) is 19.2 Å². The van der Waals surface area contributed by atoms with E-state index in [4.69, 9.17) is 9.15 Å². The van der Waals surface area contributed by atoms with Gasteiger partial charge in [0.1, 0.15) is 18.2 Å². The average Bonchev–Trinajstić information content (AvgIpc) is 2.76. The van der Waals surface area contributed by atoms with Crippen molar-refractivity contribution in [2.75, 3.05) is 12.4 Å². The van der Waals surface area contributed by atoms with Crippen molar-refractivity contribution in [2.24, 2.45) is 0 Å². The largest absolute Gasteiger partial charge is 0.406 e. The van der Waals surface area contributed by atoms with Gasteiger partial charge in [-0.1, -0.05) is 11.2 Å². The van der Waals surface area contributed by atoms with Gasteiger partial charge < -0.3 is 14.5 Å². The topological polar surface area (TPSA) is 60.2 Å². The van der Waals surface area contributed by atoms with Crippen LogP contribution in [0.1, 0.15) is 11.5 Å². The maximum Gasteiger partial charge on any atom is 0.315 e. The fourth-order valence-corrected chi connectivity index (χ4v) is 1.34. The highest BCUT2D eigenvalue weighted by molar-refractivity contribution is 5.25. The Morgan fingerprint density at radius 1 is 1.33 bits per heavy atom. The number of aromatic nitrogens is 2. The summed E-state index contributed by atoms with van der Waals surface area (Å²) >= 11 is 0. The van der Waals surface area contributed by atoms with Crippen LogP contribution in [-0.2, 0) is 17.9 Å². The first kappa shape index (κ1) is 12.4. The Labute approximate surface area is 102 Å². The summed E-state index contributed by atoms with van der Waals surface area (Å²) in [4.78, 5) is 0. The first-order valence-electron chi connectivity index (χ1n) is 5.18. The Morgan fingerprint density at radius 2 is 2.17 bits per heavy atom. The van der Waals surface area contributed by atoms with E-state index in [1.807, 2.05) is 0 Å². The molecule has 18 heavy (non-hydrogen) atoms. The van der Waals surface area contributed by atoms with Crippen molar-refractivity contribution in [2.45, 2.75) is 13.2 Å². The lowest BCUT2D eigenvalue weighted by molar-refractivity contribution is 0.160. The van der Waals surface area contributed by atoms with Crippen molar-refractivity contribution >= 4 is 6.01 Å². The van der Waals surface area contributed by atoms with Crippen molar-refractivity contribution in [3.8, 4) is 0 Å². The molecule has 96 valence electrons. The second kappa shape index (κ2) is 5.54. The van der Waals surface area contributed by atoms with Crippen molar-refractivity contribution in [3.63, 3.8) is 0 Å². The first-order chi connectivity index (χ1) is 8.69. The van der Waals surface area contributed by atoms with E-state index in [2.05, 4.69) is 15.5 Å². The van der Waals surface area contributed by atoms with Crippen LogP contribution in [0.5, 0.6) is 0 Å². The molecule has 0 saturated carbocycles. The SMILES string of the molecule is COCc1nnc(NCc2ccc(F)cc2F)o1. The van der Waals surface area contributed by atoms with Gasteiger partial charge in [0.15, 0.2) is 0 Å². The summed E-state index contributed by atoms with van der Waals surface area (Å²) in [7, 11) is 1.51. The predicted molar refractivity (Wildman–Crippen MR) is 58.7 cm³/mol. The summed E-state index contributed by atoms with van der Waals surface area (Å²) < 4.78 is 36.0. The van der Waals surface area contributed by atoms with Gasteiger partial charge >= 0.3 is 6.01 Å². The van der Waals surface area contributed by atoms with E-state index in [0.717, 1.165) is 6.07 Å². The van der Waals surface area contributed by atoms with Gasteiger partial charge in [-0.05, 0) is 6.07 Å². The predicted octanol–water partition coefficient (Wildman–Crippen LogP) is 2.11. The number of nitrogens with zero attached hydrogens (tertiary/aromatic N) is 2. The van der Waals surface area contributed by atoms with Gasteiger partial charge in [-0.25, -0.2) is 8.78 Å². The Kier molecular flexibility index (Phi) is 3.83. The summed E-state index contributed by atoms with van der Waals surface area (Å²) in [6.45, 7) is 0.334. The van der Waals surface area contributed by atoms with Crippen molar-refractivity contribution in [3.05, 3.63) is 41.3 Å². The summed E-state index contributed by atoms with van der Waals surface area (Å²) in [5, 5.41) is 10.1. The summed E-state index contributed by atoms with van der Waals surface area (Å²) in [6.07, 6.45) is 0. The first-order valence-corrected chi connectivity index (χ1v) is 5.18. The molecule has 1 aromatic carbocycles. The molecule has 0 atom stereocenters. The third kappa shape index (κ3) is 3.01. The lowest BCUT2D eigenvalue weighted by atomic mass is 10.2. The Balaban J connectivity index is 1.97. The molecule has 0 fully saturated rings. The third-order valence-electron chi connectivity index (χ3n) is 2.18. The molecule has 0 aliphatic carbocycles. The molecular weight excluding hydrogens is 244 g/mol. The molecule has 0 aliphatic rings. The molecule has 0 saturated heterocycles. The fraction of sp³-hybridized carbons (Fsp3) is 0.273. The minimum absolute atomic E-state index is 0.126. The van der Waals surface area contributed by atoms with Gasteiger partial charge in [0.05, 0.1) is 0 Å². The Morgan fingerprint density at radius 3 is 2.89 bits per heavy atom. The molecule has 1 heterocycles. The van der Waals surface area contributed by atoms with E-state index < -0.39 is 11.6 Å². The summed E-state index contributed by atoms with van der Waals surface area (Å²) in [5.74, 6) is -0.921. The van der Waals surface area contributed by atoms with Gasteiger partial charge in [-0.3, -0.25) is 0 Å². The molecule has 2 aromatic rings. The number of hydrogen-bond acceptors (Lipinski definition) is 5. The average molecular weight is 255 g/mol. The second-order valence-corrected chi connectivity index (χ2v) is 3.52. The van der Waals surface area contributed by atoms with E-state index in [9.17, 15) is 8.78 Å². The molecule has 0 amide bonds. The lowest BCUT2D eigenvalue weighted by Gasteiger charge is -2.03. The van der Waals surface area contributed by atoms with Gasteiger partial charge in [0, 0.05) is 25.3 Å². The van der Waals surface area contributed by atoms with Crippen LogP contribution >= 0.6 is 0 Å². The minimum atomic E-state index is -0.626. The van der Waals surface area contributed by atoms with E-state index in [0.29, 0.717) is 11.5 Å². The molecule has 0 aliphatic heterocycles. The zero-order valence-corrected chi connectivity index (χ0v) is 9.61. The number of nitrogens with one attached hydrogen (secondary N) is 1. The van der Waals surface area contributed by atoms with Crippen LogP contribution in [0.15, 0.2) is 22.6 Å². The highest BCUT2D eigenvalue weighted by Gasteiger charge is 2.07. The lowest BCUT2D eigenvalue weighted by Crippen LogP contribution is -2.02. The van der Waals surface area contributed by atoms with E-state index >= 15 is 0 Å². The smallest absolute Gasteiger partial charge is 0.315 e. The van der Waals surface area contributed by atoms with Crippen LogP contribution in [0, 0.1) is 11.6 Å². The highest BCUT2D eigenvalue weighted by atomic mass is 19.1. The van der Waals surface area contributed by atoms with Gasteiger partial charge in [0.2, 0.25) is 5.89 Å². The molecule has 2 rings (SSSR count). The number of methoxy groups -OCH3 is 1. The minimum Gasteiger partial charge on any atom is -0.406 e. The molecule has 0 bridgehead atoms. The Hall–Kier alpha value is -2.02. The molecule has 0 radical (unpaired) electrons. The van der Waals surface area contributed by atoms with Crippen molar-refractivity contribution in [1.82, 2.24) is 10.2 Å². The maximum atomic E-state index is 13.3. The Bertz CT molecular complexity index is 531. The number of rotatable bonds is 5. The zero-order chi connectivity index (χ0) is 13.0. The van der Waals surface area contributed by atoms with Crippen LogP contribution in [-0.4, -0.2) is 17.3 Å². The molecule has 0 spiro atoms. The fourth-order valence-electron chi connectivity index (χ4n) is 1.34. The van der Waals surface area contributed by atoms with E-state index in [-0.39, 0.29) is 19.2 Å². The second-order valence-electron chi connectivity index (χ2n) is 3.52. The monoisotopic (exact) mass is 255 g/mol. The number of benzene rings is 1. The summed E-state index contributed by atoms with van der Waals surface area (Å²) in [6, 6.07) is 3.51. The molecule has 7 heteroatoms. The van der Waals surface area contributed by atoms with Crippen LogP contribution in [0.25, 0.3) is 0 Å². The van der Waals surface area contributed by atoms with Crippen molar-refractivity contribution in [1.29, 1.82) is 0 Å². The van der Waals surface area contributed by atoms with Gasteiger partial charge in [-0.15, -0.1) is 5.10 Å². The van der Waals surface area contributed by atoms with Crippen LogP contribution in [0.4, 0.5) is 14.8 Å². The molecule has 1 aromatic heterocycles. The van der Waals surface area contributed by atoms with E-state index in [1.54, 1.807) is 0 Å². The zero-order valence-electron chi connectivity index (χ0n) is 9.61.